The van der Waals surface area contributed by atoms with Crippen molar-refractivity contribution in [3.8, 4) is 5.75 Å². The van der Waals surface area contributed by atoms with Crippen molar-refractivity contribution < 1.29 is 9.47 Å². The van der Waals surface area contributed by atoms with Gasteiger partial charge in [-0.05, 0) is 11.6 Å². The Bertz CT molecular complexity index is 272. The van der Waals surface area contributed by atoms with E-state index in [-0.39, 0.29) is 0 Å². The molecule has 1 heterocycles. The summed E-state index contributed by atoms with van der Waals surface area (Å²) < 4.78 is 10.4. The van der Waals surface area contributed by atoms with E-state index in [0.29, 0.717) is 19.9 Å². The van der Waals surface area contributed by atoms with Gasteiger partial charge >= 0.3 is 0 Å². The quantitative estimate of drug-likeness (QED) is 0.675. The second-order valence-corrected chi connectivity index (χ2v) is 2.71. The highest BCUT2D eigenvalue weighted by molar-refractivity contribution is 5.40. The summed E-state index contributed by atoms with van der Waals surface area (Å²) in [7, 11) is 0. The highest BCUT2D eigenvalue weighted by Gasteiger charge is 2.12. The van der Waals surface area contributed by atoms with Crippen molar-refractivity contribution in [3.63, 3.8) is 0 Å². The van der Waals surface area contributed by atoms with E-state index in [0.717, 1.165) is 16.9 Å². The normalized spacial score (nSPS) is 15.1. The lowest BCUT2D eigenvalue weighted by molar-refractivity contribution is -0.0168. The summed E-state index contributed by atoms with van der Waals surface area (Å²) in [6, 6.07) is 5.89. The Morgan fingerprint density at radius 1 is 1.42 bits per heavy atom. The fourth-order valence-electron chi connectivity index (χ4n) is 1.35. The van der Waals surface area contributed by atoms with E-state index in [1.807, 2.05) is 18.2 Å². The van der Waals surface area contributed by atoms with Gasteiger partial charge in [-0.3, -0.25) is 0 Å². The molecule has 0 aromatic heterocycles. The van der Waals surface area contributed by atoms with Gasteiger partial charge in [0.15, 0.2) is 6.79 Å². The first-order valence-corrected chi connectivity index (χ1v) is 3.93. The van der Waals surface area contributed by atoms with Crippen LogP contribution in [0.3, 0.4) is 0 Å². The van der Waals surface area contributed by atoms with Crippen molar-refractivity contribution in [1.29, 1.82) is 0 Å². The first-order valence-electron chi connectivity index (χ1n) is 3.93. The first-order chi connectivity index (χ1) is 5.92. The number of hydrogen-bond acceptors (Lipinski definition) is 3. The molecule has 2 N–H and O–H groups in total. The Morgan fingerprint density at radius 2 is 2.33 bits per heavy atom. The molecule has 1 aromatic carbocycles. The molecule has 0 saturated carbocycles. The minimum atomic E-state index is 0.348. The zero-order valence-corrected chi connectivity index (χ0v) is 6.75. The van der Waals surface area contributed by atoms with E-state index >= 15 is 0 Å². The first kappa shape index (κ1) is 7.58. The average molecular weight is 165 g/mol. The third-order valence-corrected chi connectivity index (χ3v) is 1.99. The maximum absolute atomic E-state index is 5.56. The standard InChI is InChI=1S/C9H11NO2/c10-4-7-2-1-3-9-8(7)5-11-6-12-9/h1-3H,4-6,10H2. The van der Waals surface area contributed by atoms with Crippen LogP contribution in [0.1, 0.15) is 11.1 Å². The van der Waals surface area contributed by atoms with Crippen molar-refractivity contribution >= 4 is 0 Å². The molecule has 0 radical (unpaired) electrons. The average Bonchev–Trinajstić information content (AvgIpc) is 2.17. The Morgan fingerprint density at radius 3 is 3.17 bits per heavy atom. The molecule has 1 aliphatic heterocycles. The van der Waals surface area contributed by atoms with Gasteiger partial charge in [0.1, 0.15) is 5.75 Å². The lowest BCUT2D eigenvalue weighted by atomic mass is 10.1. The zero-order chi connectivity index (χ0) is 8.39. The molecular formula is C9H11NO2. The third-order valence-electron chi connectivity index (χ3n) is 1.99. The summed E-state index contributed by atoms with van der Waals surface area (Å²) in [5, 5.41) is 0. The van der Waals surface area contributed by atoms with E-state index in [2.05, 4.69) is 0 Å². The molecule has 0 bridgehead atoms. The van der Waals surface area contributed by atoms with Crippen molar-refractivity contribution in [2.24, 2.45) is 5.73 Å². The molecule has 0 unspecified atom stereocenters. The lowest BCUT2D eigenvalue weighted by Gasteiger charge is -2.19. The van der Waals surface area contributed by atoms with Crippen molar-refractivity contribution in [1.82, 2.24) is 0 Å². The van der Waals surface area contributed by atoms with E-state index in [1.165, 1.54) is 0 Å². The predicted molar refractivity (Wildman–Crippen MR) is 44.6 cm³/mol. The molecule has 0 amide bonds. The predicted octanol–water partition coefficient (Wildman–Crippen LogP) is 1.01. The summed E-state index contributed by atoms with van der Waals surface area (Å²) >= 11 is 0. The molecule has 1 aliphatic rings. The fraction of sp³-hybridized carbons (Fsp3) is 0.333. The minimum Gasteiger partial charge on any atom is -0.467 e. The third kappa shape index (κ3) is 1.17. The number of hydrogen-bond donors (Lipinski definition) is 1. The topological polar surface area (TPSA) is 44.5 Å². The van der Waals surface area contributed by atoms with Crippen molar-refractivity contribution in [3.05, 3.63) is 29.3 Å². The molecule has 0 atom stereocenters. The second kappa shape index (κ2) is 3.13. The number of benzene rings is 1. The molecule has 0 fully saturated rings. The Kier molecular flexibility index (Phi) is 1.98. The highest BCUT2D eigenvalue weighted by atomic mass is 16.7. The fourth-order valence-corrected chi connectivity index (χ4v) is 1.35. The molecule has 12 heavy (non-hydrogen) atoms. The molecule has 64 valence electrons. The number of nitrogens with two attached hydrogens (primary N) is 1. The zero-order valence-electron chi connectivity index (χ0n) is 6.75. The molecule has 3 heteroatoms. The van der Waals surface area contributed by atoms with Crippen LogP contribution in [0.25, 0.3) is 0 Å². The molecular weight excluding hydrogens is 154 g/mol. The Hall–Kier alpha value is -1.06. The number of fused-ring (bicyclic) bond motifs is 1. The van der Waals surface area contributed by atoms with Gasteiger partial charge in [-0.25, -0.2) is 0 Å². The van der Waals surface area contributed by atoms with Crippen LogP contribution < -0.4 is 10.5 Å². The van der Waals surface area contributed by atoms with Gasteiger partial charge in [-0.2, -0.15) is 0 Å². The largest absolute Gasteiger partial charge is 0.467 e. The molecule has 1 aromatic rings. The number of ether oxygens (including phenoxy) is 2. The minimum absolute atomic E-state index is 0.348. The van der Waals surface area contributed by atoms with E-state index in [4.69, 9.17) is 15.2 Å². The number of rotatable bonds is 1. The highest BCUT2D eigenvalue weighted by Crippen LogP contribution is 2.26. The lowest BCUT2D eigenvalue weighted by Crippen LogP contribution is -2.14. The van der Waals surface area contributed by atoms with Gasteiger partial charge in [0, 0.05) is 12.1 Å². The summed E-state index contributed by atoms with van der Waals surface area (Å²) in [6.45, 7) is 1.50. The Balaban J connectivity index is 2.44. The van der Waals surface area contributed by atoms with Gasteiger partial charge in [-0.1, -0.05) is 12.1 Å². The monoisotopic (exact) mass is 165 g/mol. The van der Waals surface area contributed by atoms with Gasteiger partial charge in [0.25, 0.3) is 0 Å². The van der Waals surface area contributed by atoms with E-state index < -0.39 is 0 Å². The van der Waals surface area contributed by atoms with Crippen molar-refractivity contribution in [2.45, 2.75) is 13.2 Å². The van der Waals surface area contributed by atoms with Crippen LogP contribution in [0, 0.1) is 0 Å². The SMILES string of the molecule is NCc1cccc2c1COCO2. The van der Waals surface area contributed by atoms with Crippen LogP contribution in [0.15, 0.2) is 18.2 Å². The Labute approximate surface area is 71.1 Å². The van der Waals surface area contributed by atoms with Crippen LogP contribution in [0.5, 0.6) is 5.75 Å². The smallest absolute Gasteiger partial charge is 0.189 e. The van der Waals surface area contributed by atoms with Crippen LogP contribution in [0.2, 0.25) is 0 Å². The van der Waals surface area contributed by atoms with E-state index in [9.17, 15) is 0 Å². The summed E-state index contributed by atoms with van der Waals surface area (Å²) in [5.41, 5.74) is 7.76. The molecule has 0 saturated heterocycles. The summed E-state index contributed by atoms with van der Waals surface area (Å²) in [5.74, 6) is 0.907. The summed E-state index contributed by atoms with van der Waals surface area (Å²) in [4.78, 5) is 0. The summed E-state index contributed by atoms with van der Waals surface area (Å²) in [6.07, 6.45) is 0. The molecule has 0 aliphatic carbocycles. The van der Waals surface area contributed by atoms with Crippen molar-refractivity contribution in [2.75, 3.05) is 6.79 Å². The molecule has 3 nitrogen and oxygen atoms in total. The van der Waals surface area contributed by atoms with Gasteiger partial charge in [-0.15, -0.1) is 0 Å². The van der Waals surface area contributed by atoms with Gasteiger partial charge in [0.05, 0.1) is 6.61 Å². The van der Waals surface area contributed by atoms with Crippen LogP contribution in [-0.4, -0.2) is 6.79 Å². The van der Waals surface area contributed by atoms with Crippen LogP contribution in [-0.2, 0) is 17.9 Å². The maximum atomic E-state index is 5.56. The molecule has 0 spiro atoms. The maximum Gasteiger partial charge on any atom is 0.189 e. The van der Waals surface area contributed by atoms with E-state index in [1.54, 1.807) is 0 Å². The van der Waals surface area contributed by atoms with Crippen LogP contribution >= 0.6 is 0 Å². The van der Waals surface area contributed by atoms with Gasteiger partial charge < -0.3 is 15.2 Å². The van der Waals surface area contributed by atoms with Gasteiger partial charge in [0.2, 0.25) is 0 Å². The second-order valence-electron chi connectivity index (χ2n) is 2.71. The van der Waals surface area contributed by atoms with Crippen LogP contribution in [0.4, 0.5) is 0 Å². The molecule has 2 rings (SSSR count).